The number of hydrogen-bond acceptors (Lipinski definition) is 2. The first kappa shape index (κ1) is 9.06. The van der Waals surface area contributed by atoms with Gasteiger partial charge in [0.05, 0.1) is 5.56 Å². The number of benzene rings is 1. The van der Waals surface area contributed by atoms with Gasteiger partial charge in [-0.3, -0.25) is 4.79 Å². The molecule has 0 atom stereocenters. The van der Waals surface area contributed by atoms with Gasteiger partial charge in [0.25, 0.3) is 5.91 Å². The first-order valence-electron chi connectivity index (χ1n) is 3.32. The molecule has 0 radical (unpaired) electrons. The SMILES string of the molecule is Cc1c(Br)ccc(C(N)=O)c1O. The Labute approximate surface area is 78.3 Å². The molecular weight excluding hydrogens is 222 g/mol. The van der Waals surface area contributed by atoms with Crippen LogP contribution in [0.4, 0.5) is 0 Å². The Hall–Kier alpha value is -1.03. The van der Waals surface area contributed by atoms with Crippen LogP contribution >= 0.6 is 15.9 Å². The molecule has 0 aliphatic heterocycles. The van der Waals surface area contributed by atoms with Crippen LogP contribution in [0.15, 0.2) is 16.6 Å². The number of nitrogens with two attached hydrogens (primary N) is 1. The molecule has 0 spiro atoms. The molecule has 1 rings (SSSR count). The number of carbonyl (C=O) groups is 1. The summed E-state index contributed by atoms with van der Waals surface area (Å²) in [5.74, 6) is -0.681. The van der Waals surface area contributed by atoms with Gasteiger partial charge in [0, 0.05) is 10.0 Å². The van der Waals surface area contributed by atoms with E-state index in [1.54, 1.807) is 13.0 Å². The lowest BCUT2D eigenvalue weighted by molar-refractivity contribution is 0.0997. The smallest absolute Gasteiger partial charge is 0.252 e. The standard InChI is InChI=1S/C8H8BrNO2/c1-4-6(9)3-2-5(7(4)11)8(10)12/h2-3,11H,1H3,(H2,10,12). The lowest BCUT2D eigenvalue weighted by Crippen LogP contribution is -2.11. The summed E-state index contributed by atoms with van der Waals surface area (Å²) >= 11 is 3.22. The van der Waals surface area contributed by atoms with Gasteiger partial charge in [-0.05, 0) is 19.1 Å². The van der Waals surface area contributed by atoms with Gasteiger partial charge in [0.2, 0.25) is 0 Å². The second-order valence-electron chi connectivity index (χ2n) is 2.43. The molecule has 64 valence electrons. The highest BCUT2D eigenvalue weighted by Crippen LogP contribution is 2.28. The highest BCUT2D eigenvalue weighted by Gasteiger charge is 2.10. The lowest BCUT2D eigenvalue weighted by atomic mass is 10.1. The summed E-state index contributed by atoms with van der Waals surface area (Å²) in [6.45, 7) is 1.70. The van der Waals surface area contributed by atoms with E-state index in [0.717, 1.165) is 4.47 Å². The Balaban J connectivity index is 3.36. The van der Waals surface area contributed by atoms with E-state index < -0.39 is 5.91 Å². The lowest BCUT2D eigenvalue weighted by Gasteiger charge is -2.04. The van der Waals surface area contributed by atoms with E-state index in [9.17, 15) is 9.90 Å². The summed E-state index contributed by atoms with van der Waals surface area (Å²) in [4.78, 5) is 10.7. The van der Waals surface area contributed by atoms with Crippen LogP contribution in [0.5, 0.6) is 5.75 Å². The number of amides is 1. The monoisotopic (exact) mass is 229 g/mol. The van der Waals surface area contributed by atoms with Crippen molar-refractivity contribution in [1.29, 1.82) is 0 Å². The van der Waals surface area contributed by atoms with Crippen molar-refractivity contribution in [3.63, 3.8) is 0 Å². The van der Waals surface area contributed by atoms with Crippen molar-refractivity contribution in [2.45, 2.75) is 6.92 Å². The largest absolute Gasteiger partial charge is 0.507 e. The van der Waals surface area contributed by atoms with Crippen molar-refractivity contribution < 1.29 is 9.90 Å². The Morgan fingerprint density at radius 1 is 1.58 bits per heavy atom. The number of carbonyl (C=O) groups excluding carboxylic acids is 1. The van der Waals surface area contributed by atoms with Gasteiger partial charge in [-0.25, -0.2) is 0 Å². The molecule has 0 heterocycles. The Bertz CT molecular complexity index is 336. The number of hydrogen-bond donors (Lipinski definition) is 2. The van der Waals surface area contributed by atoms with Crippen LogP contribution in [-0.2, 0) is 0 Å². The molecule has 0 aliphatic carbocycles. The third-order valence-electron chi connectivity index (χ3n) is 1.63. The first-order chi connectivity index (χ1) is 5.54. The molecule has 0 fully saturated rings. The minimum atomic E-state index is -0.622. The van der Waals surface area contributed by atoms with Gasteiger partial charge in [-0.1, -0.05) is 15.9 Å². The molecule has 0 aliphatic rings. The third kappa shape index (κ3) is 1.43. The topological polar surface area (TPSA) is 63.3 Å². The fourth-order valence-electron chi connectivity index (χ4n) is 0.874. The number of halogens is 1. The van der Waals surface area contributed by atoms with Crippen molar-refractivity contribution in [3.05, 3.63) is 27.7 Å². The van der Waals surface area contributed by atoms with E-state index in [-0.39, 0.29) is 11.3 Å². The van der Waals surface area contributed by atoms with Gasteiger partial charge >= 0.3 is 0 Å². The van der Waals surface area contributed by atoms with Gasteiger partial charge < -0.3 is 10.8 Å². The first-order valence-corrected chi connectivity index (χ1v) is 4.11. The maximum absolute atomic E-state index is 10.7. The maximum atomic E-state index is 10.7. The fraction of sp³-hybridized carbons (Fsp3) is 0.125. The maximum Gasteiger partial charge on any atom is 0.252 e. The summed E-state index contributed by atoms with van der Waals surface area (Å²) < 4.78 is 0.755. The zero-order valence-corrected chi connectivity index (χ0v) is 8.05. The molecule has 0 unspecified atom stereocenters. The van der Waals surface area contributed by atoms with E-state index in [4.69, 9.17) is 5.73 Å². The summed E-state index contributed by atoms with van der Waals surface area (Å²) in [6.07, 6.45) is 0. The molecule has 0 aromatic heterocycles. The van der Waals surface area contributed by atoms with E-state index in [1.165, 1.54) is 6.07 Å². The molecule has 12 heavy (non-hydrogen) atoms. The average Bonchev–Trinajstić information content (AvgIpc) is 2.00. The van der Waals surface area contributed by atoms with Gasteiger partial charge in [-0.15, -0.1) is 0 Å². The zero-order chi connectivity index (χ0) is 9.30. The summed E-state index contributed by atoms with van der Waals surface area (Å²) in [7, 11) is 0. The molecule has 1 amide bonds. The minimum Gasteiger partial charge on any atom is -0.507 e. The van der Waals surface area contributed by atoms with Crippen LogP contribution in [0.1, 0.15) is 15.9 Å². The zero-order valence-electron chi connectivity index (χ0n) is 6.47. The molecule has 3 nitrogen and oxygen atoms in total. The predicted octanol–water partition coefficient (Wildman–Crippen LogP) is 1.56. The average molecular weight is 230 g/mol. The Kier molecular flexibility index (Phi) is 2.38. The van der Waals surface area contributed by atoms with Crippen LogP contribution in [-0.4, -0.2) is 11.0 Å². The molecule has 0 bridgehead atoms. The predicted molar refractivity (Wildman–Crippen MR) is 49.1 cm³/mol. The van der Waals surface area contributed by atoms with Crippen molar-refractivity contribution in [2.24, 2.45) is 5.73 Å². The van der Waals surface area contributed by atoms with Gasteiger partial charge in [0.1, 0.15) is 5.75 Å². The number of phenols is 1. The second kappa shape index (κ2) is 3.15. The van der Waals surface area contributed by atoms with E-state index >= 15 is 0 Å². The van der Waals surface area contributed by atoms with Gasteiger partial charge in [0.15, 0.2) is 0 Å². The van der Waals surface area contributed by atoms with Crippen LogP contribution in [0.3, 0.4) is 0 Å². The molecule has 1 aromatic carbocycles. The highest BCUT2D eigenvalue weighted by molar-refractivity contribution is 9.10. The number of primary amides is 1. The van der Waals surface area contributed by atoms with Crippen LogP contribution in [0.25, 0.3) is 0 Å². The number of rotatable bonds is 1. The minimum absolute atomic E-state index is 0.0584. The summed E-state index contributed by atoms with van der Waals surface area (Å²) in [5.41, 5.74) is 5.79. The molecule has 3 N–H and O–H groups in total. The quantitative estimate of drug-likeness (QED) is 0.768. The Morgan fingerprint density at radius 3 is 2.67 bits per heavy atom. The molecule has 0 saturated carbocycles. The summed E-state index contributed by atoms with van der Waals surface area (Å²) in [6, 6.07) is 3.16. The molecule has 1 aromatic rings. The highest BCUT2D eigenvalue weighted by atomic mass is 79.9. The van der Waals surface area contributed by atoms with E-state index in [1.807, 2.05) is 0 Å². The van der Waals surface area contributed by atoms with E-state index in [2.05, 4.69) is 15.9 Å². The third-order valence-corrected chi connectivity index (χ3v) is 2.49. The van der Waals surface area contributed by atoms with Crippen molar-refractivity contribution in [2.75, 3.05) is 0 Å². The van der Waals surface area contributed by atoms with Gasteiger partial charge in [-0.2, -0.15) is 0 Å². The fourth-order valence-corrected chi connectivity index (χ4v) is 1.19. The molecule has 4 heteroatoms. The van der Waals surface area contributed by atoms with E-state index in [0.29, 0.717) is 5.56 Å². The number of aromatic hydroxyl groups is 1. The Morgan fingerprint density at radius 2 is 2.17 bits per heavy atom. The van der Waals surface area contributed by atoms with Crippen molar-refractivity contribution in [3.8, 4) is 5.75 Å². The van der Waals surface area contributed by atoms with Crippen LogP contribution in [0.2, 0.25) is 0 Å². The van der Waals surface area contributed by atoms with Crippen LogP contribution < -0.4 is 5.73 Å². The molecular formula is C8H8BrNO2. The van der Waals surface area contributed by atoms with Crippen LogP contribution in [0, 0.1) is 6.92 Å². The molecule has 0 saturated heterocycles. The van der Waals surface area contributed by atoms with Crippen molar-refractivity contribution >= 4 is 21.8 Å². The van der Waals surface area contributed by atoms with Crippen molar-refractivity contribution in [1.82, 2.24) is 0 Å². The normalized spacial score (nSPS) is 9.83. The summed E-state index contributed by atoms with van der Waals surface area (Å²) in [5, 5.41) is 9.42. The second-order valence-corrected chi connectivity index (χ2v) is 3.29.